The van der Waals surface area contributed by atoms with Crippen LogP contribution in [0.3, 0.4) is 0 Å². The highest BCUT2D eigenvalue weighted by atomic mass is 32.2. The number of nitrogens with one attached hydrogen (secondary N) is 2. The Balaban J connectivity index is 1.62. The van der Waals surface area contributed by atoms with Gasteiger partial charge in [-0.1, -0.05) is 0 Å². The van der Waals surface area contributed by atoms with Crippen LogP contribution < -0.4 is 10.6 Å². The van der Waals surface area contributed by atoms with Gasteiger partial charge in [0.15, 0.2) is 0 Å². The molecule has 1 atom stereocenters. The van der Waals surface area contributed by atoms with Gasteiger partial charge in [0, 0.05) is 19.1 Å². The molecule has 0 radical (unpaired) electrons. The van der Waals surface area contributed by atoms with Gasteiger partial charge in [-0.15, -0.1) is 11.8 Å². The summed E-state index contributed by atoms with van der Waals surface area (Å²) < 4.78 is -0.153. The van der Waals surface area contributed by atoms with E-state index in [-0.39, 0.29) is 10.7 Å². The van der Waals surface area contributed by atoms with Crippen LogP contribution in [-0.2, 0) is 4.79 Å². The number of hydrogen-bond acceptors (Lipinski definition) is 3. The zero-order valence-electron chi connectivity index (χ0n) is 9.34. The fourth-order valence-corrected chi connectivity index (χ4v) is 3.12. The van der Waals surface area contributed by atoms with Crippen molar-refractivity contribution < 1.29 is 4.79 Å². The molecule has 3 nitrogen and oxygen atoms in total. The summed E-state index contributed by atoms with van der Waals surface area (Å²) in [5, 5.41) is 6.42. The van der Waals surface area contributed by atoms with Gasteiger partial charge in [-0.3, -0.25) is 4.79 Å². The first-order valence-corrected chi connectivity index (χ1v) is 6.85. The first kappa shape index (κ1) is 11.3. The minimum Gasteiger partial charge on any atom is -0.354 e. The Morgan fingerprint density at radius 3 is 2.87 bits per heavy atom. The highest BCUT2D eigenvalue weighted by Gasteiger charge is 2.36. The van der Waals surface area contributed by atoms with Crippen LogP contribution in [-0.4, -0.2) is 35.5 Å². The molecule has 1 amide bonds. The maximum atomic E-state index is 11.9. The van der Waals surface area contributed by atoms with Gasteiger partial charge >= 0.3 is 0 Å². The summed E-state index contributed by atoms with van der Waals surface area (Å²) in [5.41, 5.74) is 0. The Bertz CT molecular complexity index is 235. The lowest BCUT2D eigenvalue weighted by atomic mass is 10.1. The van der Waals surface area contributed by atoms with Crippen molar-refractivity contribution in [2.75, 3.05) is 18.8 Å². The molecule has 1 saturated heterocycles. The summed E-state index contributed by atoms with van der Waals surface area (Å²) in [5.74, 6) is 1.35. The molecule has 2 fully saturated rings. The van der Waals surface area contributed by atoms with E-state index in [1.807, 2.05) is 0 Å². The van der Waals surface area contributed by atoms with E-state index in [9.17, 15) is 4.79 Å². The minimum atomic E-state index is -0.153. The summed E-state index contributed by atoms with van der Waals surface area (Å²) in [6.45, 7) is 3.75. The van der Waals surface area contributed by atoms with Crippen LogP contribution >= 0.6 is 11.8 Å². The first-order valence-electron chi connectivity index (χ1n) is 5.86. The third-order valence-electron chi connectivity index (χ3n) is 3.12. The van der Waals surface area contributed by atoms with Gasteiger partial charge in [-0.25, -0.2) is 0 Å². The molecule has 1 unspecified atom stereocenters. The van der Waals surface area contributed by atoms with E-state index in [2.05, 4.69) is 17.6 Å². The topological polar surface area (TPSA) is 41.1 Å². The maximum Gasteiger partial charge on any atom is 0.235 e. The van der Waals surface area contributed by atoms with Crippen molar-refractivity contribution in [3.05, 3.63) is 0 Å². The highest BCUT2D eigenvalue weighted by molar-refractivity contribution is 8.01. The molecule has 86 valence electrons. The third kappa shape index (κ3) is 3.11. The van der Waals surface area contributed by atoms with Crippen molar-refractivity contribution in [3.63, 3.8) is 0 Å². The van der Waals surface area contributed by atoms with Gasteiger partial charge in [-0.2, -0.15) is 0 Å². The molecule has 0 bridgehead atoms. The van der Waals surface area contributed by atoms with Crippen molar-refractivity contribution in [2.45, 2.75) is 43.4 Å². The number of thioether (sulfide) groups is 1. The van der Waals surface area contributed by atoms with Gasteiger partial charge in [0.05, 0.1) is 4.75 Å². The molecule has 15 heavy (non-hydrogen) atoms. The normalized spacial score (nSPS) is 30.5. The summed E-state index contributed by atoms with van der Waals surface area (Å²) in [7, 11) is 0. The molecule has 0 aromatic rings. The molecule has 1 heterocycles. The van der Waals surface area contributed by atoms with Crippen LogP contribution in [0.5, 0.6) is 0 Å². The standard InChI is InChI=1S/C11H20N2OS/c1-11(5-2-8-15-11)10(14)13-7-6-12-9-3-4-9/h9,12H,2-8H2,1H3,(H,13,14). The van der Waals surface area contributed by atoms with E-state index in [0.29, 0.717) is 0 Å². The molecular weight excluding hydrogens is 208 g/mol. The summed E-state index contributed by atoms with van der Waals surface area (Å²) in [6, 6.07) is 0.735. The average Bonchev–Trinajstić information content (AvgIpc) is 2.94. The largest absolute Gasteiger partial charge is 0.354 e. The van der Waals surface area contributed by atoms with Gasteiger partial charge in [0.25, 0.3) is 0 Å². The van der Waals surface area contributed by atoms with Crippen LogP contribution in [0.4, 0.5) is 0 Å². The Labute approximate surface area is 95.8 Å². The van der Waals surface area contributed by atoms with Gasteiger partial charge in [0.1, 0.15) is 0 Å². The first-order chi connectivity index (χ1) is 7.21. The molecule has 0 aromatic carbocycles. The fraction of sp³-hybridized carbons (Fsp3) is 0.909. The number of carbonyl (C=O) groups is 1. The predicted molar refractivity (Wildman–Crippen MR) is 64.1 cm³/mol. The molecular formula is C11H20N2OS. The van der Waals surface area contributed by atoms with Gasteiger partial charge < -0.3 is 10.6 Å². The van der Waals surface area contributed by atoms with E-state index in [1.165, 1.54) is 19.3 Å². The second-order valence-electron chi connectivity index (χ2n) is 4.67. The molecule has 0 spiro atoms. The number of amides is 1. The minimum absolute atomic E-state index is 0.153. The lowest BCUT2D eigenvalue weighted by Crippen LogP contribution is -2.43. The Kier molecular flexibility index (Phi) is 3.57. The van der Waals surface area contributed by atoms with E-state index in [1.54, 1.807) is 11.8 Å². The Morgan fingerprint density at radius 2 is 2.27 bits per heavy atom. The van der Waals surface area contributed by atoms with Crippen LogP contribution in [0, 0.1) is 0 Å². The zero-order valence-corrected chi connectivity index (χ0v) is 10.2. The summed E-state index contributed by atoms with van der Waals surface area (Å²) in [4.78, 5) is 11.9. The van der Waals surface area contributed by atoms with Crippen LogP contribution in [0.25, 0.3) is 0 Å². The van der Waals surface area contributed by atoms with E-state index in [0.717, 1.165) is 31.3 Å². The molecule has 1 aliphatic carbocycles. The summed E-state index contributed by atoms with van der Waals surface area (Å²) in [6.07, 6.45) is 4.82. The van der Waals surface area contributed by atoms with E-state index < -0.39 is 0 Å². The smallest absolute Gasteiger partial charge is 0.235 e. The van der Waals surface area contributed by atoms with Gasteiger partial charge in [-0.05, 0) is 38.4 Å². The van der Waals surface area contributed by atoms with Crippen molar-refractivity contribution in [2.24, 2.45) is 0 Å². The van der Waals surface area contributed by atoms with Crippen LogP contribution in [0.15, 0.2) is 0 Å². The number of rotatable bonds is 5. The molecule has 1 aliphatic heterocycles. The van der Waals surface area contributed by atoms with Gasteiger partial charge in [0.2, 0.25) is 5.91 Å². The second-order valence-corrected chi connectivity index (χ2v) is 6.27. The quantitative estimate of drug-likeness (QED) is 0.693. The number of hydrogen-bond donors (Lipinski definition) is 2. The highest BCUT2D eigenvalue weighted by Crippen LogP contribution is 2.37. The SMILES string of the molecule is CC1(C(=O)NCCNC2CC2)CCCS1. The second kappa shape index (κ2) is 4.74. The zero-order chi connectivity index (χ0) is 10.7. The van der Waals surface area contributed by atoms with Crippen LogP contribution in [0.1, 0.15) is 32.6 Å². The van der Waals surface area contributed by atoms with E-state index >= 15 is 0 Å². The lowest BCUT2D eigenvalue weighted by molar-refractivity contribution is -0.123. The molecule has 4 heteroatoms. The van der Waals surface area contributed by atoms with Crippen molar-refractivity contribution in [1.29, 1.82) is 0 Å². The molecule has 1 saturated carbocycles. The molecule has 2 aliphatic rings. The Hall–Kier alpha value is -0.220. The lowest BCUT2D eigenvalue weighted by Gasteiger charge is -2.21. The van der Waals surface area contributed by atoms with Crippen molar-refractivity contribution in [1.82, 2.24) is 10.6 Å². The molecule has 2 N–H and O–H groups in total. The summed E-state index contributed by atoms with van der Waals surface area (Å²) >= 11 is 1.80. The maximum absolute atomic E-state index is 11.9. The third-order valence-corrected chi connectivity index (χ3v) is 4.64. The van der Waals surface area contributed by atoms with Crippen molar-refractivity contribution >= 4 is 17.7 Å². The molecule has 2 rings (SSSR count). The Morgan fingerprint density at radius 1 is 1.47 bits per heavy atom. The number of carbonyl (C=O) groups excluding carboxylic acids is 1. The predicted octanol–water partition coefficient (Wildman–Crippen LogP) is 1.14. The van der Waals surface area contributed by atoms with Crippen molar-refractivity contribution in [3.8, 4) is 0 Å². The monoisotopic (exact) mass is 228 g/mol. The average molecular weight is 228 g/mol. The molecule has 0 aromatic heterocycles. The van der Waals surface area contributed by atoms with Crippen LogP contribution in [0.2, 0.25) is 0 Å². The van der Waals surface area contributed by atoms with E-state index in [4.69, 9.17) is 0 Å². The fourth-order valence-electron chi connectivity index (χ4n) is 1.88.